The lowest BCUT2D eigenvalue weighted by Crippen LogP contribution is -2.12. The van der Waals surface area contributed by atoms with Crippen LogP contribution in [0.5, 0.6) is 0 Å². The van der Waals surface area contributed by atoms with E-state index in [4.69, 9.17) is 4.98 Å². The molecule has 0 amide bonds. The van der Waals surface area contributed by atoms with Gasteiger partial charge in [-0.25, -0.2) is 9.67 Å². The lowest BCUT2D eigenvalue weighted by molar-refractivity contribution is 0.676. The highest BCUT2D eigenvalue weighted by molar-refractivity contribution is 6.16. The van der Waals surface area contributed by atoms with Crippen LogP contribution in [0, 0.1) is 0 Å². The average molecular weight is 319 g/mol. The zero-order valence-electron chi connectivity index (χ0n) is 14.3. The first kappa shape index (κ1) is 14.9. The third-order valence-corrected chi connectivity index (χ3v) is 4.80. The van der Waals surface area contributed by atoms with E-state index >= 15 is 0 Å². The van der Waals surface area contributed by atoms with E-state index < -0.39 is 0 Å². The van der Waals surface area contributed by atoms with Crippen molar-refractivity contribution < 1.29 is 0 Å². The van der Waals surface area contributed by atoms with Crippen LogP contribution in [-0.2, 0) is 19.4 Å². The highest BCUT2D eigenvalue weighted by atomic mass is 15.3. The van der Waals surface area contributed by atoms with Crippen molar-refractivity contribution in [2.24, 2.45) is 4.99 Å². The highest BCUT2D eigenvalue weighted by Gasteiger charge is 2.25. The molecule has 1 aromatic carbocycles. The van der Waals surface area contributed by atoms with Gasteiger partial charge in [-0.1, -0.05) is 24.3 Å². The molecule has 2 heterocycles. The number of fused-ring (bicyclic) bond motifs is 3. The maximum absolute atomic E-state index is 5.00. The van der Waals surface area contributed by atoms with Gasteiger partial charge in [0.1, 0.15) is 0 Å². The quantitative estimate of drug-likeness (QED) is 0.790. The normalized spacial score (nSPS) is 15.2. The molecule has 0 saturated heterocycles. The first-order valence-corrected chi connectivity index (χ1v) is 8.40. The van der Waals surface area contributed by atoms with Crippen LogP contribution in [0.3, 0.4) is 0 Å². The number of aromatic nitrogens is 3. The molecule has 0 aliphatic heterocycles. The number of nitrogens with zero attached hydrogens (tertiary/aromatic N) is 4. The molecule has 1 aliphatic rings. The molecule has 0 bridgehead atoms. The lowest BCUT2D eigenvalue weighted by Gasteiger charge is -2.14. The van der Waals surface area contributed by atoms with Crippen molar-refractivity contribution >= 4 is 22.4 Å². The van der Waals surface area contributed by atoms with Crippen molar-refractivity contribution in [3.05, 3.63) is 52.8 Å². The molecule has 0 saturated carbocycles. The molecule has 3 aromatic rings. The number of hydrogen-bond acceptors (Lipinski definition) is 4. The monoisotopic (exact) mass is 319 g/mol. The van der Waals surface area contributed by atoms with Gasteiger partial charge in [0.25, 0.3) is 0 Å². The minimum Gasteiger partial charge on any atom is -0.387 e. The second-order valence-electron chi connectivity index (χ2n) is 5.99. The van der Waals surface area contributed by atoms with Crippen LogP contribution in [-0.4, -0.2) is 34.6 Å². The fraction of sp³-hybridized carbons (Fsp3) is 0.316. The number of nitrogens with one attached hydrogen (secondary N) is 1. The summed E-state index contributed by atoms with van der Waals surface area (Å²) in [5.41, 5.74) is 7.76. The van der Waals surface area contributed by atoms with Gasteiger partial charge in [-0.3, -0.25) is 4.99 Å². The van der Waals surface area contributed by atoms with Gasteiger partial charge in [-0.05, 0) is 25.3 Å². The molecule has 24 heavy (non-hydrogen) atoms. The third-order valence-electron chi connectivity index (χ3n) is 4.80. The van der Waals surface area contributed by atoms with E-state index in [2.05, 4.69) is 46.6 Å². The van der Waals surface area contributed by atoms with Gasteiger partial charge in [0.05, 0.1) is 28.7 Å². The summed E-state index contributed by atoms with van der Waals surface area (Å²) < 4.78 is 1.94. The number of anilines is 1. The lowest BCUT2D eigenvalue weighted by atomic mass is 10.0. The number of pyridine rings is 1. The van der Waals surface area contributed by atoms with E-state index in [1.54, 1.807) is 0 Å². The molecule has 0 spiro atoms. The molecule has 1 N–H and O–H groups in total. The van der Waals surface area contributed by atoms with E-state index in [1.165, 1.54) is 16.7 Å². The van der Waals surface area contributed by atoms with E-state index in [0.29, 0.717) is 0 Å². The van der Waals surface area contributed by atoms with Gasteiger partial charge in [-0.2, -0.15) is 5.10 Å². The number of aryl methyl sites for hydroxylation is 2. The molecular formula is C19H21N5. The molecule has 0 atom stereocenters. The Bertz CT molecular complexity index is 952. The molecule has 1 aliphatic carbocycles. The minimum absolute atomic E-state index is 0.799. The molecule has 0 unspecified atom stereocenters. The molecule has 2 aromatic heterocycles. The number of hydrogen-bond donors (Lipinski definition) is 1. The van der Waals surface area contributed by atoms with Crippen LogP contribution in [0.25, 0.3) is 11.0 Å². The summed E-state index contributed by atoms with van der Waals surface area (Å²) in [5.74, 6) is 0. The van der Waals surface area contributed by atoms with E-state index in [-0.39, 0.29) is 0 Å². The molecular weight excluding hydrogens is 298 g/mol. The highest BCUT2D eigenvalue weighted by Crippen LogP contribution is 2.33. The molecule has 5 nitrogen and oxygen atoms in total. The SMILES string of the molecule is CCn1ncc2c(NC)c3c(nc21)C(=NC)c1ccccc1CC3. The van der Waals surface area contributed by atoms with Gasteiger partial charge in [0, 0.05) is 31.8 Å². The Labute approximate surface area is 141 Å². The Morgan fingerprint density at radius 2 is 2.08 bits per heavy atom. The standard InChI is InChI=1S/C19H21N5/c1-4-24-19-15(11-22-24)16(20-2)14-10-9-12-7-5-6-8-13(12)17(21-3)18(14)23-19/h5-8,11H,4,9-10H2,1-3H3,(H,20,23). The molecule has 5 heteroatoms. The fourth-order valence-corrected chi connectivity index (χ4v) is 3.67. The van der Waals surface area contributed by atoms with Crippen LogP contribution < -0.4 is 5.32 Å². The zero-order chi connectivity index (χ0) is 16.7. The summed E-state index contributed by atoms with van der Waals surface area (Å²) in [5, 5.41) is 8.96. The molecule has 0 fully saturated rings. The van der Waals surface area contributed by atoms with Gasteiger partial charge in [0.2, 0.25) is 0 Å². The Kier molecular flexibility index (Phi) is 3.56. The first-order valence-electron chi connectivity index (χ1n) is 8.40. The minimum atomic E-state index is 0.799. The van der Waals surface area contributed by atoms with Crippen LogP contribution in [0.4, 0.5) is 5.69 Å². The summed E-state index contributed by atoms with van der Waals surface area (Å²) in [6.07, 6.45) is 3.85. The van der Waals surface area contributed by atoms with Gasteiger partial charge in [0.15, 0.2) is 5.65 Å². The number of aliphatic imine (C=N–C) groups is 1. The maximum atomic E-state index is 5.00. The average Bonchev–Trinajstić information content (AvgIpc) is 2.95. The largest absolute Gasteiger partial charge is 0.387 e. The smallest absolute Gasteiger partial charge is 0.160 e. The Balaban J connectivity index is 2.07. The Morgan fingerprint density at radius 1 is 1.25 bits per heavy atom. The van der Waals surface area contributed by atoms with Crippen LogP contribution in [0.2, 0.25) is 0 Å². The van der Waals surface area contributed by atoms with Crippen molar-refractivity contribution in [1.82, 2.24) is 14.8 Å². The summed E-state index contributed by atoms with van der Waals surface area (Å²) >= 11 is 0. The van der Waals surface area contributed by atoms with E-state index in [0.717, 1.165) is 47.5 Å². The predicted octanol–water partition coefficient (Wildman–Crippen LogP) is 3.06. The van der Waals surface area contributed by atoms with Gasteiger partial charge < -0.3 is 5.32 Å². The van der Waals surface area contributed by atoms with Crippen molar-refractivity contribution in [3.8, 4) is 0 Å². The topological polar surface area (TPSA) is 55.1 Å². The van der Waals surface area contributed by atoms with E-state index in [1.807, 2.05) is 25.0 Å². The summed E-state index contributed by atoms with van der Waals surface area (Å²) in [6.45, 7) is 2.89. The van der Waals surface area contributed by atoms with Crippen LogP contribution in [0.1, 0.15) is 29.3 Å². The maximum Gasteiger partial charge on any atom is 0.160 e. The third kappa shape index (κ3) is 2.04. The molecule has 122 valence electrons. The van der Waals surface area contributed by atoms with Crippen LogP contribution in [0.15, 0.2) is 35.5 Å². The predicted molar refractivity (Wildman–Crippen MR) is 98.2 cm³/mol. The Hall–Kier alpha value is -2.69. The van der Waals surface area contributed by atoms with Crippen molar-refractivity contribution in [1.29, 1.82) is 0 Å². The van der Waals surface area contributed by atoms with Crippen molar-refractivity contribution in [3.63, 3.8) is 0 Å². The summed E-state index contributed by atoms with van der Waals surface area (Å²) in [4.78, 5) is 9.60. The second-order valence-corrected chi connectivity index (χ2v) is 5.99. The Morgan fingerprint density at radius 3 is 2.83 bits per heavy atom. The van der Waals surface area contributed by atoms with E-state index in [9.17, 15) is 0 Å². The van der Waals surface area contributed by atoms with Gasteiger partial charge >= 0.3 is 0 Å². The number of benzene rings is 1. The molecule has 0 radical (unpaired) electrons. The van der Waals surface area contributed by atoms with Gasteiger partial charge in [-0.15, -0.1) is 0 Å². The summed E-state index contributed by atoms with van der Waals surface area (Å²) in [6, 6.07) is 8.51. The number of rotatable bonds is 2. The summed E-state index contributed by atoms with van der Waals surface area (Å²) in [7, 11) is 3.82. The van der Waals surface area contributed by atoms with Crippen LogP contribution >= 0.6 is 0 Å². The van der Waals surface area contributed by atoms with Crippen molar-refractivity contribution in [2.75, 3.05) is 19.4 Å². The fourth-order valence-electron chi connectivity index (χ4n) is 3.67. The molecule has 4 rings (SSSR count). The first-order chi connectivity index (χ1) is 11.8. The zero-order valence-corrected chi connectivity index (χ0v) is 14.3. The second kappa shape index (κ2) is 5.74. The van der Waals surface area contributed by atoms with Crippen molar-refractivity contribution in [2.45, 2.75) is 26.3 Å².